The van der Waals surface area contributed by atoms with Crippen LogP contribution in [0.2, 0.25) is 0 Å². The molecule has 0 aromatic carbocycles. The maximum absolute atomic E-state index is 11.0. The van der Waals surface area contributed by atoms with Gasteiger partial charge in [0.25, 0.3) is 0 Å². The van der Waals surface area contributed by atoms with Crippen LogP contribution >= 0.6 is 0 Å². The van der Waals surface area contributed by atoms with Crippen LogP contribution < -0.4 is 0 Å². The van der Waals surface area contributed by atoms with Gasteiger partial charge in [0, 0.05) is 12.8 Å². The summed E-state index contributed by atoms with van der Waals surface area (Å²) in [4.78, 5) is 11.0. The second-order valence-corrected chi connectivity index (χ2v) is 2.77. The Kier molecular flexibility index (Phi) is 7.11. The molecule has 0 aliphatic rings. The van der Waals surface area contributed by atoms with Crippen molar-refractivity contribution in [1.29, 1.82) is 0 Å². The summed E-state index contributed by atoms with van der Waals surface area (Å²) in [5.74, 6) is 0.372. The van der Waals surface area contributed by atoms with Crippen LogP contribution in [0.1, 0.15) is 46.0 Å². The summed E-state index contributed by atoms with van der Waals surface area (Å²) < 4.78 is 0. The Morgan fingerprint density at radius 3 is 2.64 bits per heavy atom. The highest BCUT2D eigenvalue weighted by atomic mass is 16.1. The predicted molar refractivity (Wildman–Crippen MR) is 48.6 cm³/mol. The molecular formula is C10H18O. The lowest BCUT2D eigenvalue weighted by Gasteiger charge is -1.95. The summed E-state index contributed by atoms with van der Waals surface area (Å²) in [5.41, 5.74) is 0. The lowest BCUT2D eigenvalue weighted by Crippen LogP contribution is -1.94. The van der Waals surface area contributed by atoms with Gasteiger partial charge in [-0.15, -0.1) is 0 Å². The van der Waals surface area contributed by atoms with Crippen molar-refractivity contribution < 1.29 is 4.79 Å². The van der Waals surface area contributed by atoms with Gasteiger partial charge in [-0.05, 0) is 13.3 Å². The molecule has 0 amide bonds. The Bertz CT molecular complexity index is 125. The minimum Gasteiger partial charge on any atom is -0.299 e. The van der Waals surface area contributed by atoms with Crippen molar-refractivity contribution in [1.82, 2.24) is 0 Å². The minimum atomic E-state index is 0.372. The fraction of sp³-hybridized carbons (Fsp3) is 0.700. The maximum atomic E-state index is 11.0. The zero-order valence-corrected chi connectivity index (χ0v) is 7.60. The van der Waals surface area contributed by atoms with E-state index in [0.29, 0.717) is 12.2 Å². The molecule has 0 spiro atoms. The SMILES string of the molecule is CC=CCC(=O)CCCCC. The second-order valence-electron chi connectivity index (χ2n) is 2.77. The van der Waals surface area contributed by atoms with Gasteiger partial charge in [0.1, 0.15) is 5.78 Å². The number of Topliss-reactive ketones (excluding diaryl/α,β-unsaturated/α-hetero) is 1. The van der Waals surface area contributed by atoms with Gasteiger partial charge in [-0.3, -0.25) is 4.79 Å². The van der Waals surface area contributed by atoms with Crippen molar-refractivity contribution in [2.75, 3.05) is 0 Å². The van der Waals surface area contributed by atoms with E-state index in [-0.39, 0.29) is 0 Å². The molecule has 1 heteroatoms. The van der Waals surface area contributed by atoms with E-state index in [0.717, 1.165) is 12.8 Å². The highest BCUT2D eigenvalue weighted by molar-refractivity contribution is 5.79. The van der Waals surface area contributed by atoms with Crippen molar-refractivity contribution in [3.63, 3.8) is 0 Å². The third-order valence-corrected chi connectivity index (χ3v) is 1.64. The smallest absolute Gasteiger partial charge is 0.136 e. The lowest BCUT2D eigenvalue weighted by molar-refractivity contribution is -0.118. The van der Waals surface area contributed by atoms with E-state index >= 15 is 0 Å². The topological polar surface area (TPSA) is 17.1 Å². The third-order valence-electron chi connectivity index (χ3n) is 1.64. The first-order valence-corrected chi connectivity index (χ1v) is 4.44. The normalized spacial score (nSPS) is 10.7. The molecule has 0 aromatic heterocycles. The van der Waals surface area contributed by atoms with Gasteiger partial charge in [-0.1, -0.05) is 31.9 Å². The van der Waals surface area contributed by atoms with Crippen molar-refractivity contribution in [3.05, 3.63) is 12.2 Å². The van der Waals surface area contributed by atoms with Crippen molar-refractivity contribution in [2.45, 2.75) is 46.0 Å². The molecular weight excluding hydrogens is 136 g/mol. The first-order valence-electron chi connectivity index (χ1n) is 4.44. The Hall–Kier alpha value is -0.590. The van der Waals surface area contributed by atoms with E-state index in [2.05, 4.69) is 6.92 Å². The Balaban J connectivity index is 3.23. The molecule has 0 bridgehead atoms. The van der Waals surface area contributed by atoms with E-state index in [1.165, 1.54) is 12.8 Å². The summed E-state index contributed by atoms with van der Waals surface area (Å²) in [5, 5.41) is 0. The summed E-state index contributed by atoms with van der Waals surface area (Å²) in [6, 6.07) is 0. The number of unbranched alkanes of at least 4 members (excludes halogenated alkanes) is 2. The number of hydrogen-bond acceptors (Lipinski definition) is 1. The van der Waals surface area contributed by atoms with E-state index in [1.54, 1.807) is 0 Å². The molecule has 1 nitrogen and oxygen atoms in total. The summed E-state index contributed by atoms with van der Waals surface area (Å²) in [6.07, 6.45) is 8.68. The summed E-state index contributed by atoms with van der Waals surface area (Å²) in [6.45, 7) is 4.09. The summed E-state index contributed by atoms with van der Waals surface area (Å²) >= 11 is 0. The van der Waals surface area contributed by atoms with Crippen molar-refractivity contribution in [3.8, 4) is 0 Å². The fourth-order valence-corrected chi connectivity index (χ4v) is 0.924. The average molecular weight is 154 g/mol. The number of allylic oxidation sites excluding steroid dienone is 2. The first kappa shape index (κ1) is 10.4. The fourth-order valence-electron chi connectivity index (χ4n) is 0.924. The molecule has 64 valence electrons. The average Bonchev–Trinajstić information content (AvgIpc) is 2.01. The molecule has 0 aliphatic carbocycles. The Morgan fingerprint density at radius 2 is 2.09 bits per heavy atom. The third kappa shape index (κ3) is 7.31. The Morgan fingerprint density at radius 1 is 1.36 bits per heavy atom. The standard InChI is InChI=1S/C10H18O/c1-3-5-7-9-10(11)8-6-4-2/h4,6H,3,5,7-9H2,1-2H3. The quantitative estimate of drug-likeness (QED) is 0.424. The van der Waals surface area contributed by atoms with Gasteiger partial charge in [0.15, 0.2) is 0 Å². The molecule has 0 N–H and O–H groups in total. The van der Waals surface area contributed by atoms with Gasteiger partial charge >= 0.3 is 0 Å². The van der Waals surface area contributed by atoms with Crippen LogP contribution in [0.25, 0.3) is 0 Å². The monoisotopic (exact) mass is 154 g/mol. The minimum absolute atomic E-state index is 0.372. The van der Waals surface area contributed by atoms with Crippen LogP contribution in [0, 0.1) is 0 Å². The maximum Gasteiger partial charge on any atom is 0.136 e. The van der Waals surface area contributed by atoms with E-state index in [4.69, 9.17) is 0 Å². The Labute approximate surface area is 69.5 Å². The molecule has 0 saturated carbocycles. The van der Waals surface area contributed by atoms with Crippen molar-refractivity contribution >= 4 is 5.78 Å². The van der Waals surface area contributed by atoms with Gasteiger partial charge in [-0.2, -0.15) is 0 Å². The molecule has 0 radical (unpaired) electrons. The molecule has 0 aromatic rings. The van der Waals surface area contributed by atoms with Crippen molar-refractivity contribution in [2.24, 2.45) is 0 Å². The number of carbonyl (C=O) groups is 1. The van der Waals surface area contributed by atoms with Crippen LogP contribution in [-0.4, -0.2) is 5.78 Å². The number of hydrogen-bond donors (Lipinski definition) is 0. The first-order chi connectivity index (χ1) is 5.31. The molecule has 0 unspecified atom stereocenters. The van der Waals surface area contributed by atoms with Gasteiger partial charge in [-0.25, -0.2) is 0 Å². The van der Waals surface area contributed by atoms with Crippen LogP contribution in [0.4, 0.5) is 0 Å². The van der Waals surface area contributed by atoms with Crippen LogP contribution in [0.15, 0.2) is 12.2 Å². The van der Waals surface area contributed by atoms with Crippen LogP contribution in [0.3, 0.4) is 0 Å². The van der Waals surface area contributed by atoms with Gasteiger partial charge in [0.05, 0.1) is 0 Å². The molecule has 0 saturated heterocycles. The van der Waals surface area contributed by atoms with Gasteiger partial charge < -0.3 is 0 Å². The number of carbonyl (C=O) groups excluding carboxylic acids is 1. The lowest BCUT2D eigenvalue weighted by atomic mass is 10.1. The molecule has 0 rings (SSSR count). The molecule has 11 heavy (non-hydrogen) atoms. The largest absolute Gasteiger partial charge is 0.299 e. The van der Waals surface area contributed by atoms with Gasteiger partial charge in [0.2, 0.25) is 0 Å². The van der Waals surface area contributed by atoms with Crippen LogP contribution in [0.5, 0.6) is 0 Å². The molecule has 0 atom stereocenters. The zero-order chi connectivity index (χ0) is 8.53. The summed E-state index contributed by atoms with van der Waals surface area (Å²) in [7, 11) is 0. The highest BCUT2D eigenvalue weighted by Gasteiger charge is 1.96. The number of ketones is 1. The molecule has 0 aliphatic heterocycles. The van der Waals surface area contributed by atoms with E-state index < -0.39 is 0 Å². The predicted octanol–water partition coefficient (Wildman–Crippen LogP) is 3.10. The molecule has 0 fully saturated rings. The number of rotatable bonds is 6. The highest BCUT2D eigenvalue weighted by Crippen LogP contribution is 2.01. The van der Waals surface area contributed by atoms with E-state index in [1.807, 2.05) is 19.1 Å². The molecule has 0 heterocycles. The van der Waals surface area contributed by atoms with E-state index in [9.17, 15) is 4.79 Å². The zero-order valence-electron chi connectivity index (χ0n) is 7.60. The van der Waals surface area contributed by atoms with Crippen LogP contribution in [-0.2, 0) is 4.79 Å². The second kappa shape index (κ2) is 7.52.